The van der Waals surface area contributed by atoms with Crippen LogP contribution in [-0.4, -0.2) is 12.5 Å². The van der Waals surface area contributed by atoms with Crippen molar-refractivity contribution in [3.05, 3.63) is 33.8 Å². The molecule has 100 valence electrons. The number of carbonyl (C=O) groups excluding carboxylic acids is 1. The second-order valence-electron chi connectivity index (χ2n) is 4.29. The standard InChI is InChI=1S/C12H13BrF3NO/c1-7(2)6-17-11(18)9-4-3-8(13)5-10(9)12(14,15)16/h3-5,7H,6H2,1-2H3,(H,17,18). The van der Waals surface area contributed by atoms with E-state index in [2.05, 4.69) is 21.2 Å². The molecule has 0 bridgehead atoms. The summed E-state index contributed by atoms with van der Waals surface area (Å²) in [6.45, 7) is 4.07. The topological polar surface area (TPSA) is 29.1 Å². The Morgan fingerprint density at radius 1 is 1.39 bits per heavy atom. The number of rotatable bonds is 3. The first-order chi connectivity index (χ1) is 8.21. The summed E-state index contributed by atoms with van der Waals surface area (Å²) in [5.74, 6) is -0.526. The van der Waals surface area contributed by atoms with Crippen LogP contribution >= 0.6 is 15.9 Å². The highest BCUT2D eigenvalue weighted by molar-refractivity contribution is 9.10. The molecule has 0 spiro atoms. The van der Waals surface area contributed by atoms with Gasteiger partial charge in [-0.2, -0.15) is 13.2 Å². The van der Waals surface area contributed by atoms with Crippen LogP contribution in [0.3, 0.4) is 0 Å². The van der Waals surface area contributed by atoms with E-state index >= 15 is 0 Å². The lowest BCUT2D eigenvalue weighted by atomic mass is 10.1. The van der Waals surface area contributed by atoms with Gasteiger partial charge < -0.3 is 5.32 Å². The SMILES string of the molecule is CC(C)CNC(=O)c1ccc(Br)cc1C(F)(F)F. The molecule has 0 saturated carbocycles. The van der Waals surface area contributed by atoms with E-state index in [4.69, 9.17) is 0 Å². The molecule has 1 amide bonds. The average molecular weight is 324 g/mol. The maximum atomic E-state index is 12.8. The normalized spacial score (nSPS) is 11.7. The summed E-state index contributed by atoms with van der Waals surface area (Å²) in [7, 11) is 0. The second-order valence-corrected chi connectivity index (χ2v) is 5.21. The first-order valence-electron chi connectivity index (χ1n) is 5.36. The van der Waals surface area contributed by atoms with Gasteiger partial charge in [-0.1, -0.05) is 29.8 Å². The molecule has 1 rings (SSSR count). The number of carbonyl (C=O) groups is 1. The number of alkyl halides is 3. The van der Waals surface area contributed by atoms with Crippen LogP contribution in [0.25, 0.3) is 0 Å². The Balaban J connectivity index is 3.05. The molecule has 0 heterocycles. The molecular weight excluding hydrogens is 311 g/mol. The zero-order chi connectivity index (χ0) is 13.9. The minimum atomic E-state index is -4.55. The largest absolute Gasteiger partial charge is 0.417 e. The molecule has 0 aliphatic heterocycles. The fourth-order valence-corrected chi connectivity index (χ4v) is 1.70. The highest BCUT2D eigenvalue weighted by atomic mass is 79.9. The molecule has 0 unspecified atom stereocenters. The zero-order valence-corrected chi connectivity index (χ0v) is 11.5. The van der Waals surface area contributed by atoms with Gasteiger partial charge in [0.05, 0.1) is 11.1 Å². The second kappa shape index (κ2) is 5.73. The van der Waals surface area contributed by atoms with Crippen molar-refractivity contribution in [2.75, 3.05) is 6.54 Å². The van der Waals surface area contributed by atoms with Crippen LogP contribution in [0.5, 0.6) is 0 Å². The molecule has 0 aliphatic rings. The van der Waals surface area contributed by atoms with Gasteiger partial charge in [-0.3, -0.25) is 4.79 Å². The van der Waals surface area contributed by atoms with Gasteiger partial charge in [0.2, 0.25) is 0 Å². The quantitative estimate of drug-likeness (QED) is 0.899. The van der Waals surface area contributed by atoms with Gasteiger partial charge in [-0.25, -0.2) is 0 Å². The van der Waals surface area contributed by atoms with Gasteiger partial charge in [0.25, 0.3) is 5.91 Å². The Labute approximate surface area is 112 Å². The van der Waals surface area contributed by atoms with Crippen molar-refractivity contribution in [1.29, 1.82) is 0 Å². The lowest BCUT2D eigenvalue weighted by Crippen LogP contribution is -2.29. The summed E-state index contributed by atoms with van der Waals surface area (Å²) >= 11 is 2.97. The van der Waals surface area contributed by atoms with E-state index in [9.17, 15) is 18.0 Å². The molecule has 0 saturated heterocycles. The lowest BCUT2D eigenvalue weighted by Gasteiger charge is -2.14. The molecule has 18 heavy (non-hydrogen) atoms. The van der Waals surface area contributed by atoms with Crippen molar-refractivity contribution >= 4 is 21.8 Å². The molecule has 0 aliphatic carbocycles. The molecule has 0 radical (unpaired) electrons. The van der Waals surface area contributed by atoms with E-state index < -0.39 is 17.6 Å². The summed E-state index contributed by atoms with van der Waals surface area (Å²) < 4.78 is 38.6. The van der Waals surface area contributed by atoms with Crippen molar-refractivity contribution in [2.45, 2.75) is 20.0 Å². The van der Waals surface area contributed by atoms with Gasteiger partial charge in [-0.05, 0) is 24.1 Å². The predicted octanol–water partition coefficient (Wildman–Crippen LogP) is 3.85. The minimum Gasteiger partial charge on any atom is -0.352 e. The fraction of sp³-hybridized carbons (Fsp3) is 0.417. The number of amides is 1. The summed E-state index contributed by atoms with van der Waals surface area (Å²) in [4.78, 5) is 11.7. The number of hydrogen-bond donors (Lipinski definition) is 1. The predicted molar refractivity (Wildman–Crippen MR) is 66.3 cm³/mol. The van der Waals surface area contributed by atoms with E-state index in [1.807, 2.05) is 13.8 Å². The zero-order valence-electron chi connectivity index (χ0n) is 9.94. The molecule has 6 heteroatoms. The average Bonchev–Trinajstić information content (AvgIpc) is 2.24. The van der Waals surface area contributed by atoms with Gasteiger partial charge in [0, 0.05) is 11.0 Å². The third-order valence-corrected chi connectivity index (χ3v) is 2.70. The van der Waals surface area contributed by atoms with Crippen LogP contribution < -0.4 is 5.32 Å². The summed E-state index contributed by atoms with van der Waals surface area (Å²) in [5, 5.41) is 2.48. The van der Waals surface area contributed by atoms with Crippen molar-refractivity contribution in [2.24, 2.45) is 5.92 Å². The molecule has 1 aromatic carbocycles. The van der Waals surface area contributed by atoms with Crippen molar-refractivity contribution in [3.63, 3.8) is 0 Å². The lowest BCUT2D eigenvalue weighted by molar-refractivity contribution is -0.138. The van der Waals surface area contributed by atoms with Gasteiger partial charge >= 0.3 is 6.18 Å². The number of benzene rings is 1. The van der Waals surface area contributed by atoms with Crippen LogP contribution in [0.2, 0.25) is 0 Å². The van der Waals surface area contributed by atoms with Crippen LogP contribution in [0.4, 0.5) is 13.2 Å². The van der Waals surface area contributed by atoms with E-state index in [1.165, 1.54) is 12.1 Å². The monoisotopic (exact) mass is 323 g/mol. The molecule has 1 aromatic rings. The van der Waals surface area contributed by atoms with Crippen molar-refractivity contribution < 1.29 is 18.0 Å². The van der Waals surface area contributed by atoms with Crippen molar-refractivity contribution in [1.82, 2.24) is 5.32 Å². The Hall–Kier alpha value is -1.04. The van der Waals surface area contributed by atoms with Gasteiger partial charge in [0.1, 0.15) is 0 Å². The van der Waals surface area contributed by atoms with E-state index in [1.54, 1.807) is 0 Å². The molecular formula is C12H13BrF3NO. The van der Waals surface area contributed by atoms with Crippen LogP contribution in [-0.2, 0) is 6.18 Å². The van der Waals surface area contributed by atoms with Crippen molar-refractivity contribution in [3.8, 4) is 0 Å². The highest BCUT2D eigenvalue weighted by Crippen LogP contribution is 2.33. The summed E-state index contributed by atoms with van der Waals surface area (Å²) in [6, 6.07) is 3.49. The molecule has 1 N–H and O–H groups in total. The summed E-state index contributed by atoms with van der Waals surface area (Å²) in [6.07, 6.45) is -4.55. The van der Waals surface area contributed by atoms with E-state index in [0.717, 1.165) is 6.07 Å². The minimum absolute atomic E-state index is 0.179. The number of hydrogen-bond acceptors (Lipinski definition) is 1. The van der Waals surface area contributed by atoms with E-state index in [-0.39, 0.29) is 16.0 Å². The van der Waals surface area contributed by atoms with Gasteiger partial charge in [0.15, 0.2) is 0 Å². The van der Waals surface area contributed by atoms with Crippen LogP contribution in [0.15, 0.2) is 22.7 Å². The third kappa shape index (κ3) is 4.01. The van der Waals surface area contributed by atoms with Crippen LogP contribution in [0.1, 0.15) is 29.8 Å². The molecule has 0 aromatic heterocycles. The number of halogens is 4. The smallest absolute Gasteiger partial charge is 0.352 e. The number of nitrogens with one attached hydrogen (secondary N) is 1. The first-order valence-corrected chi connectivity index (χ1v) is 6.16. The Bertz CT molecular complexity index is 443. The van der Waals surface area contributed by atoms with E-state index in [0.29, 0.717) is 6.54 Å². The molecule has 0 atom stereocenters. The first kappa shape index (κ1) is 15.0. The van der Waals surface area contributed by atoms with Crippen LogP contribution in [0, 0.1) is 5.92 Å². The maximum Gasteiger partial charge on any atom is 0.417 e. The molecule has 2 nitrogen and oxygen atoms in total. The molecule has 0 fully saturated rings. The Morgan fingerprint density at radius 3 is 2.50 bits per heavy atom. The maximum absolute atomic E-state index is 12.8. The highest BCUT2D eigenvalue weighted by Gasteiger charge is 2.35. The summed E-state index contributed by atoms with van der Waals surface area (Å²) in [5.41, 5.74) is -1.29. The Kier molecular flexibility index (Phi) is 4.78. The van der Waals surface area contributed by atoms with Gasteiger partial charge in [-0.15, -0.1) is 0 Å². The third-order valence-electron chi connectivity index (χ3n) is 2.20. The Morgan fingerprint density at radius 2 is 2.00 bits per heavy atom. The fourth-order valence-electron chi connectivity index (χ4n) is 1.34.